The lowest BCUT2D eigenvalue weighted by Gasteiger charge is -2.13. The fourth-order valence-electron chi connectivity index (χ4n) is 1.78. The molecule has 1 amide bonds. The average molecular weight is 331 g/mol. The number of hydrogen-bond acceptors (Lipinski definition) is 5. The van der Waals surface area contributed by atoms with E-state index in [-0.39, 0.29) is 12.0 Å². The summed E-state index contributed by atoms with van der Waals surface area (Å²) in [5, 5.41) is 3.27. The summed E-state index contributed by atoms with van der Waals surface area (Å²) in [6, 6.07) is 11.8. The number of ether oxygens (including phenoxy) is 1. The van der Waals surface area contributed by atoms with E-state index in [1.54, 1.807) is 6.07 Å². The number of nitrogens with one attached hydrogen (secondary N) is 1. The molecular weight excluding hydrogens is 310 g/mol. The molecule has 1 atom stereocenters. The van der Waals surface area contributed by atoms with E-state index in [2.05, 4.69) is 27.4 Å². The third kappa shape index (κ3) is 5.90. The van der Waals surface area contributed by atoms with Gasteiger partial charge in [-0.1, -0.05) is 49.0 Å². The average Bonchev–Trinajstić information content (AvgIpc) is 2.53. The van der Waals surface area contributed by atoms with Gasteiger partial charge in [0.1, 0.15) is 5.82 Å². The Balaban J connectivity index is 2.15. The van der Waals surface area contributed by atoms with Gasteiger partial charge in [-0.15, -0.1) is 0 Å². The molecule has 5 nitrogen and oxygen atoms in total. The lowest BCUT2D eigenvalue weighted by Crippen LogP contribution is -2.13. The molecule has 0 saturated heterocycles. The van der Waals surface area contributed by atoms with E-state index in [1.807, 2.05) is 32.0 Å². The molecule has 6 heteroatoms. The second-order valence-corrected chi connectivity index (χ2v) is 6.11. The minimum atomic E-state index is -0.169. The number of rotatable bonds is 7. The molecule has 1 heterocycles. The predicted molar refractivity (Wildman–Crippen MR) is 92.7 cm³/mol. The lowest BCUT2D eigenvalue weighted by molar-refractivity contribution is -0.114. The van der Waals surface area contributed by atoms with Crippen LogP contribution in [0.15, 0.2) is 41.6 Å². The highest BCUT2D eigenvalue weighted by Crippen LogP contribution is 2.24. The summed E-state index contributed by atoms with van der Waals surface area (Å²) in [7, 11) is 0. The summed E-state index contributed by atoms with van der Waals surface area (Å²) in [6.45, 7) is 5.48. The van der Waals surface area contributed by atoms with Crippen molar-refractivity contribution >= 4 is 23.5 Å². The van der Waals surface area contributed by atoms with Crippen LogP contribution in [0.2, 0.25) is 0 Å². The quantitative estimate of drug-likeness (QED) is 0.616. The number of amides is 1. The first kappa shape index (κ1) is 17.3. The Morgan fingerprint density at radius 3 is 2.70 bits per heavy atom. The molecule has 0 aliphatic carbocycles. The molecule has 0 saturated carbocycles. The van der Waals surface area contributed by atoms with Gasteiger partial charge in [-0.25, -0.2) is 4.98 Å². The lowest BCUT2D eigenvalue weighted by atomic mass is 10.2. The molecule has 0 bridgehead atoms. The van der Waals surface area contributed by atoms with Gasteiger partial charge in [0.15, 0.2) is 5.16 Å². The number of nitrogens with zero attached hydrogens (tertiary/aromatic N) is 2. The van der Waals surface area contributed by atoms with Crippen molar-refractivity contribution < 1.29 is 9.53 Å². The van der Waals surface area contributed by atoms with E-state index in [9.17, 15) is 4.79 Å². The monoisotopic (exact) mass is 331 g/mol. The van der Waals surface area contributed by atoms with Gasteiger partial charge in [-0.05, 0) is 18.9 Å². The van der Waals surface area contributed by atoms with Crippen LogP contribution >= 0.6 is 11.8 Å². The Hall–Kier alpha value is -2.08. The van der Waals surface area contributed by atoms with Crippen LogP contribution in [0.5, 0.6) is 5.88 Å². The number of carbonyl (C=O) groups excluding carboxylic acids is 1. The maximum Gasteiger partial charge on any atom is 0.222 e. The Labute approximate surface area is 140 Å². The first-order chi connectivity index (χ1) is 11.1. The topological polar surface area (TPSA) is 64.1 Å². The van der Waals surface area contributed by atoms with Crippen molar-refractivity contribution in [2.75, 3.05) is 5.32 Å². The summed E-state index contributed by atoms with van der Waals surface area (Å²) < 4.78 is 5.76. The molecule has 0 aliphatic rings. The number of aromatic nitrogens is 2. The van der Waals surface area contributed by atoms with E-state index < -0.39 is 0 Å². The Bertz CT molecular complexity index is 650. The molecule has 1 aromatic carbocycles. The van der Waals surface area contributed by atoms with Crippen LogP contribution in [0.3, 0.4) is 0 Å². The zero-order chi connectivity index (χ0) is 16.7. The first-order valence-corrected chi connectivity index (χ1v) is 8.55. The summed E-state index contributed by atoms with van der Waals surface area (Å²) in [6.07, 6.45) is 0.938. The number of benzene rings is 1. The van der Waals surface area contributed by atoms with Gasteiger partial charge in [-0.2, -0.15) is 4.98 Å². The Morgan fingerprint density at radius 1 is 1.30 bits per heavy atom. The van der Waals surface area contributed by atoms with Crippen LogP contribution in [-0.4, -0.2) is 22.0 Å². The van der Waals surface area contributed by atoms with Gasteiger partial charge in [0.05, 0.1) is 6.10 Å². The van der Waals surface area contributed by atoms with Crippen LogP contribution < -0.4 is 10.1 Å². The molecule has 0 unspecified atom stereocenters. The van der Waals surface area contributed by atoms with Gasteiger partial charge < -0.3 is 10.1 Å². The molecule has 122 valence electrons. The molecule has 0 aliphatic heterocycles. The zero-order valence-electron chi connectivity index (χ0n) is 13.6. The van der Waals surface area contributed by atoms with Gasteiger partial charge in [-0.3, -0.25) is 4.79 Å². The normalized spacial score (nSPS) is 11.8. The number of thioether (sulfide) groups is 1. The van der Waals surface area contributed by atoms with Crippen molar-refractivity contribution in [3.63, 3.8) is 0 Å². The SMILES string of the molecule is CC[C@H](C)Oc1cc(NC(C)=O)nc(SCc2ccccc2)n1. The number of carbonyl (C=O) groups is 1. The molecule has 2 rings (SSSR count). The molecule has 23 heavy (non-hydrogen) atoms. The van der Waals surface area contributed by atoms with Crippen LogP contribution in [0.4, 0.5) is 5.82 Å². The largest absolute Gasteiger partial charge is 0.475 e. The van der Waals surface area contributed by atoms with Crippen LogP contribution in [0.25, 0.3) is 0 Å². The highest BCUT2D eigenvalue weighted by Gasteiger charge is 2.10. The van der Waals surface area contributed by atoms with Crippen molar-refractivity contribution in [2.24, 2.45) is 0 Å². The zero-order valence-corrected chi connectivity index (χ0v) is 14.4. The second-order valence-electron chi connectivity index (χ2n) is 5.17. The third-order valence-electron chi connectivity index (χ3n) is 3.09. The standard InChI is InChI=1S/C17H21N3O2S/c1-4-12(2)22-16-10-15(18-13(3)21)19-17(20-16)23-11-14-8-6-5-7-9-14/h5-10,12H,4,11H2,1-3H3,(H,18,19,20,21)/t12-/m0/s1. The highest BCUT2D eigenvalue weighted by atomic mass is 32.2. The summed E-state index contributed by atoms with van der Waals surface area (Å²) >= 11 is 1.51. The summed E-state index contributed by atoms with van der Waals surface area (Å²) in [4.78, 5) is 20.1. The Morgan fingerprint density at radius 2 is 2.04 bits per heavy atom. The van der Waals surface area contributed by atoms with Crippen LogP contribution in [0.1, 0.15) is 32.8 Å². The minimum absolute atomic E-state index is 0.0575. The molecule has 1 aromatic heterocycles. The van der Waals surface area contributed by atoms with Crippen LogP contribution in [0, 0.1) is 0 Å². The minimum Gasteiger partial charge on any atom is -0.475 e. The fraction of sp³-hybridized carbons (Fsp3) is 0.353. The van der Waals surface area contributed by atoms with Crippen LogP contribution in [-0.2, 0) is 10.5 Å². The smallest absolute Gasteiger partial charge is 0.222 e. The molecular formula is C17H21N3O2S. The molecule has 0 spiro atoms. The van der Waals surface area contributed by atoms with Crippen molar-refractivity contribution in [2.45, 2.75) is 44.2 Å². The maximum atomic E-state index is 11.3. The van der Waals surface area contributed by atoms with Crippen molar-refractivity contribution in [1.29, 1.82) is 0 Å². The van der Waals surface area contributed by atoms with E-state index in [0.29, 0.717) is 16.9 Å². The fourth-order valence-corrected chi connectivity index (χ4v) is 2.59. The van der Waals surface area contributed by atoms with E-state index in [1.165, 1.54) is 24.2 Å². The first-order valence-electron chi connectivity index (χ1n) is 7.57. The van der Waals surface area contributed by atoms with Gasteiger partial charge >= 0.3 is 0 Å². The molecule has 1 N–H and O–H groups in total. The summed E-state index contributed by atoms with van der Waals surface area (Å²) in [5.74, 6) is 1.53. The second kappa shape index (κ2) is 8.53. The predicted octanol–water partition coefficient (Wildman–Crippen LogP) is 3.90. The highest BCUT2D eigenvalue weighted by molar-refractivity contribution is 7.98. The van der Waals surface area contributed by atoms with Gasteiger partial charge in [0.2, 0.25) is 11.8 Å². The molecule has 0 radical (unpaired) electrons. The van der Waals surface area contributed by atoms with Crippen molar-refractivity contribution in [3.8, 4) is 5.88 Å². The molecule has 2 aromatic rings. The van der Waals surface area contributed by atoms with E-state index in [0.717, 1.165) is 12.2 Å². The number of hydrogen-bond donors (Lipinski definition) is 1. The number of anilines is 1. The van der Waals surface area contributed by atoms with Gasteiger partial charge in [0.25, 0.3) is 0 Å². The molecule has 0 fully saturated rings. The van der Waals surface area contributed by atoms with E-state index >= 15 is 0 Å². The van der Waals surface area contributed by atoms with E-state index in [4.69, 9.17) is 4.74 Å². The van der Waals surface area contributed by atoms with Gasteiger partial charge in [0, 0.05) is 18.7 Å². The Kier molecular flexibility index (Phi) is 6.40. The summed E-state index contributed by atoms with van der Waals surface area (Å²) in [5.41, 5.74) is 1.19. The maximum absolute atomic E-state index is 11.3. The van der Waals surface area contributed by atoms with Crippen molar-refractivity contribution in [3.05, 3.63) is 42.0 Å². The third-order valence-corrected chi connectivity index (χ3v) is 4.01. The van der Waals surface area contributed by atoms with Crippen molar-refractivity contribution in [1.82, 2.24) is 9.97 Å².